The molecule has 1 saturated heterocycles. The van der Waals surface area contributed by atoms with Crippen molar-refractivity contribution in [3.05, 3.63) is 54.2 Å². The summed E-state index contributed by atoms with van der Waals surface area (Å²) in [5.74, 6) is -0.259. The zero-order chi connectivity index (χ0) is 16.9. The van der Waals surface area contributed by atoms with Crippen molar-refractivity contribution in [2.24, 2.45) is 0 Å². The molecule has 0 aliphatic carbocycles. The van der Waals surface area contributed by atoms with Crippen molar-refractivity contribution in [3.8, 4) is 0 Å². The number of urea groups is 1. The zero-order valence-electron chi connectivity index (χ0n) is 12.8. The fourth-order valence-corrected chi connectivity index (χ4v) is 2.38. The van der Waals surface area contributed by atoms with Gasteiger partial charge in [0.15, 0.2) is 0 Å². The lowest BCUT2D eigenvalue weighted by Gasteiger charge is -2.11. The van der Waals surface area contributed by atoms with Gasteiger partial charge in [0.2, 0.25) is 5.91 Å². The number of carbonyl (C=O) groups excluding carboxylic acids is 3. The Balaban J connectivity index is 1.52. The number of furan rings is 1. The second kappa shape index (κ2) is 6.95. The molecular formula is C16H16N4O4. The molecule has 4 amide bonds. The molecule has 0 radical (unpaired) electrons. The van der Waals surface area contributed by atoms with E-state index < -0.39 is 18.0 Å². The van der Waals surface area contributed by atoms with Crippen molar-refractivity contribution in [1.82, 2.24) is 20.5 Å². The monoisotopic (exact) mass is 328 g/mol. The lowest BCUT2D eigenvalue weighted by atomic mass is 10.2. The fraction of sp³-hybridized carbons (Fsp3) is 0.250. The Morgan fingerprint density at radius 1 is 1.33 bits per heavy atom. The second-order valence-corrected chi connectivity index (χ2v) is 5.35. The van der Waals surface area contributed by atoms with E-state index in [0.717, 1.165) is 10.5 Å². The molecule has 1 aliphatic heterocycles. The number of imide groups is 1. The summed E-state index contributed by atoms with van der Waals surface area (Å²) >= 11 is 0. The van der Waals surface area contributed by atoms with Crippen molar-refractivity contribution in [3.63, 3.8) is 0 Å². The predicted molar refractivity (Wildman–Crippen MR) is 82.3 cm³/mol. The van der Waals surface area contributed by atoms with Crippen molar-refractivity contribution < 1.29 is 18.8 Å². The molecule has 2 aromatic rings. The van der Waals surface area contributed by atoms with Crippen LogP contribution >= 0.6 is 0 Å². The van der Waals surface area contributed by atoms with Gasteiger partial charge in [0, 0.05) is 18.9 Å². The number of amides is 4. The van der Waals surface area contributed by atoms with E-state index in [4.69, 9.17) is 4.42 Å². The van der Waals surface area contributed by atoms with Crippen LogP contribution < -0.4 is 10.6 Å². The van der Waals surface area contributed by atoms with Crippen molar-refractivity contribution >= 4 is 17.8 Å². The highest BCUT2D eigenvalue weighted by atomic mass is 16.3. The molecule has 1 atom stereocenters. The molecule has 0 saturated carbocycles. The summed E-state index contributed by atoms with van der Waals surface area (Å²) in [5, 5.41) is 5.22. The first kappa shape index (κ1) is 15.7. The second-order valence-electron chi connectivity index (χ2n) is 5.35. The molecule has 2 N–H and O–H groups in total. The van der Waals surface area contributed by atoms with Crippen LogP contribution in [-0.4, -0.2) is 33.8 Å². The highest BCUT2D eigenvalue weighted by Crippen LogP contribution is 2.14. The van der Waals surface area contributed by atoms with Crippen LogP contribution in [0.25, 0.3) is 0 Å². The number of carbonyl (C=O) groups is 3. The minimum Gasteiger partial charge on any atom is -0.467 e. The Hall–Kier alpha value is -3.16. The van der Waals surface area contributed by atoms with Gasteiger partial charge in [-0.1, -0.05) is 6.07 Å². The summed E-state index contributed by atoms with van der Waals surface area (Å²) in [6.45, 7) is 0.364. The molecule has 0 spiro atoms. The first-order valence-electron chi connectivity index (χ1n) is 7.43. The Kier molecular flexibility index (Phi) is 4.55. The van der Waals surface area contributed by atoms with Gasteiger partial charge in [-0.15, -0.1) is 0 Å². The van der Waals surface area contributed by atoms with Crippen molar-refractivity contribution in [2.75, 3.05) is 0 Å². The van der Waals surface area contributed by atoms with E-state index in [-0.39, 0.29) is 18.9 Å². The third kappa shape index (κ3) is 3.60. The fourth-order valence-electron chi connectivity index (χ4n) is 2.38. The number of nitrogens with zero attached hydrogens (tertiary/aromatic N) is 2. The molecular weight excluding hydrogens is 312 g/mol. The van der Waals surface area contributed by atoms with Gasteiger partial charge >= 0.3 is 6.03 Å². The molecule has 1 fully saturated rings. The average molecular weight is 328 g/mol. The maximum Gasteiger partial charge on any atom is 0.325 e. The smallest absolute Gasteiger partial charge is 0.325 e. The highest BCUT2D eigenvalue weighted by Gasteiger charge is 2.39. The van der Waals surface area contributed by atoms with Gasteiger partial charge in [-0.3, -0.25) is 19.5 Å². The van der Waals surface area contributed by atoms with Crippen LogP contribution in [0.15, 0.2) is 47.3 Å². The van der Waals surface area contributed by atoms with E-state index in [1.54, 1.807) is 30.6 Å². The first-order chi connectivity index (χ1) is 11.6. The summed E-state index contributed by atoms with van der Waals surface area (Å²) in [6.07, 6.45) is 4.65. The van der Waals surface area contributed by atoms with Gasteiger partial charge in [0.25, 0.3) is 5.91 Å². The maximum absolute atomic E-state index is 12.3. The van der Waals surface area contributed by atoms with Crippen LogP contribution in [0, 0.1) is 0 Å². The van der Waals surface area contributed by atoms with Gasteiger partial charge in [-0.25, -0.2) is 4.79 Å². The topological polar surface area (TPSA) is 105 Å². The van der Waals surface area contributed by atoms with Crippen molar-refractivity contribution in [2.45, 2.75) is 25.6 Å². The lowest BCUT2D eigenvalue weighted by molar-refractivity contribution is -0.131. The van der Waals surface area contributed by atoms with Crippen LogP contribution in [0.2, 0.25) is 0 Å². The highest BCUT2D eigenvalue weighted by molar-refractivity contribution is 6.05. The lowest BCUT2D eigenvalue weighted by Crippen LogP contribution is -2.36. The van der Waals surface area contributed by atoms with E-state index in [0.29, 0.717) is 12.3 Å². The van der Waals surface area contributed by atoms with Crippen molar-refractivity contribution in [1.29, 1.82) is 0 Å². The Morgan fingerprint density at radius 2 is 2.21 bits per heavy atom. The zero-order valence-corrected chi connectivity index (χ0v) is 12.8. The first-order valence-corrected chi connectivity index (χ1v) is 7.43. The minimum atomic E-state index is -0.860. The number of rotatable bonds is 6. The van der Waals surface area contributed by atoms with E-state index >= 15 is 0 Å². The normalized spacial score (nSPS) is 17.0. The molecule has 24 heavy (non-hydrogen) atoms. The predicted octanol–water partition coefficient (Wildman–Crippen LogP) is 0.801. The number of hydrogen-bond donors (Lipinski definition) is 2. The summed E-state index contributed by atoms with van der Waals surface area (Å²) in [6, 6.07) is 5.57. The van der Waals surface area contributed by atoms with E-state index in [1.807, 2.05) is 6.07 Å². The number of pyridine rings is 1. The minimum absolute atomic E-state index is 0.0471. The third-order valence-corrected chi connectivity index (χ3v) is 3.60. The van der Waals surface area contributed by atoms with E-state index in [9.17, 15) is 14.4 Å². The molecule has 3 rings (SSSR count). The molecule has 1 aliphatic rings. The van der Waals surface area contributed by atoms with Gasteiger partial charge < -0.3 is 15.1 Å². The molecule has 0 bridgehead atoms. The van der Waals surface area contributed by atoms with Crippen LogP contribution in [0.4, 0.5) is 4.79 Å². The molecule has 8 heteroatoms. The summed E-state index contributed by atoms with van der Waals surface area (Å²) < 4.78 is 5.14. The molecule has 124 valence electrons. The molecule has 8 nitrogen and oxygen atoms in total. The number of nitrogens with one attached hydrogen (secondary N) is 2. The molecule has 2 aromatic heterocycles. The standard InChI is InChI=1S/C16H16N4O4/c21-14(18-9-11-3-1-5-17-8-11)7-13-15(22)20(16(23)19-13)10-12-4-2-6-24-12/h1-6,8,13H,7,9-10H2,(H,18,21)(H,19,23)/t13-/m0/s1. The van der Waals surface area contributed by atoms with Crippen LogP contribution in [-0.2, 0) is 22.7 Å². The quantitative estimate of drug-likeness (QED) is 0.763. The average Bonchev–Trinajstić information content (AvgIpc) is 3.18. The van der Waals surface area contributed by atoms with Gasteiger partial charge in [0.05, 0.1) is 19.2 Å². The molecule has 0 aromatic carbocycles. The van der Waals surface area contributed by atoms with E-state index in [2.05, 4.69) is 15.6 Å². The summed E-state index contributed by atoms with van der Waals surface area (Å²) in [4.78, 5) is 41.1. The van der Waals surface area contributed by atoms with Crippen LogP contribution in [0.3, 0.4) is 0 Å². The van der Waals surface area contributed by atoms with Crippen LogP contribution in [0.1, 0.15) is 17.7 Å². The maximum atomic E-state index is 12.3. The van der Waals surface area contributed by atoms with E-state index in [1.165, 1.54) is 6.26 Å². The molecule has 3 heterocycles. The summed E-state index contributed by atoms with van der Waals surface area (Å²) in [7, 11) is 0. The number of hydrogen-bond acceptors (Lipinski definition) is 5. The number of aromatic nitrogens is 1. The Bertz CT molecular complexity index is 730. The third-order valence-electron chi connectivity index (χ3n) is 3.60. The SMILES string of the molecule is O=C(C[C@@H]1NC(=O)N(Cc2ccco2)C1=O)NCc1cccnc1. The Morgan fingerprint density at radius 3 is 2.92 bits per heavy atom. The van der Waals surface area contributed by atoms with Crippen LogP contribution in [0.5, 0.6) is 0 Å². The van der Waals surface area contributed by atoms with Gasteiger partial charge in [-0.05, 0) is 23.8 Å². The van der Waals surface area contributed by atoms with Gasteiger partial charge in [-0.2, -0.15) is 0 Å². The Labute approximate surface area is 137 Å². The molecule has 0 unspecified atom stereocenters. The largest absolute Gasteiger partial charge is 0.467 e. The van der Waals surface area contributed by atoms with Gasteiger partial charge in [0.1, 0.15) is 11.8 Å². The summed E-state index contributed by atoms with van der Waals surface area (Å²) in [5.41, 5.74) is 0.854.